The van der Waals surface area contributed by atoms with Gasteiger partial charge in [0.1, 0.15) is 5.75 Å². The summed E-state index contributed by atoms with van der Waals surface area (Å²) in [7, 11) is 0. The number of imidazole rings is 1. The van der Waals surface area contributed by atoms with Crippen molar-refractivity contribution in [3.8, 4) is 5.75 Å². The number of fused-ring (bicyclic) bond motifs is 1. The van der Waals surface area contributed by atoms with Crippen molar-refractivity contribution >= 4 is 5.84 Å². The van der Waals surface area contributed by atoms with Crippen LogP contribution in [0.25, 0.3) is 0 Å². The summed E-state index contributed by atoms with van der Waals surface area (Å²) in [6, 6.07) is 6.28. The Hall–Kier alpha value is -2.50. The summed E-state index contributed by atoms with van der Waals surface area (Å²) >= 11 is 0. The largest absolute Gasteiger partial charge is 0.493 e. The molecule has 104 valence electrons. The van der Waals surface area contributed by atoms with Crippen molar-refractivity contribution in [1.29, 1.82) is 0 Å². The van der Waals surface area contributed by atoms with E-state index in [1.165, 1.54) is 11.1 Å². The summed E-state index contributed by atoms with van der Waals surface area (Å²) in [5.41, 5.74) is 8.09. The van der Waals surface area contributed by atoms with Crippen molar-refractivity contribution in [3.05, 3.63) is 47.5 Å². The third-order valence-corrected chi connectivity index (χ3v) is 3.45. The lowest BCUT2D eigenvalue weighted by atomic mass is 10.1. The van der Waals surface area contributed by atoms with Crippen LogP contribution in [0.1, 0.15) is 17.0 Å². The fourth-order valence-corrected chi connectivity index (χ4v) is 2.41. The highest BCUT2D eigenvalue weighted by atomic mass is 16.5. The molecule has 0 fully saturated rings. The number of oxime groups is 1. The third kappa shape index (κ3) is 2.32. The molecule has 1 aromatic heterocycles. The average Bonchev–Trinajstić information content (AvgIpc) is 3.12. The van der Waals surface area contributed by atoms with Crippen LogP contribution in [0.2, 0.25) is 0 Å². The first-order valence-corrected chi connectivity index (χ1v) is 6.51. The van der Waals surface area contributed by atoms with Gasteiger partial charge in [-0.2, -0.15) is 0 Å². The maximum Gasteiger partial charge on any atom is 0.206 e. The van der Waals surface area contributed by atoms with Gasteiger partial charge in [-0.15, -0.1) is 0 Å². The molecule has 0 aliphatic carbocycles. The summed E-state index contributed by atoms with van der Waals surface area (Å²) in [5.74, 6) is 1.50. The Labute approximate surface area is 116 Å². The van der Waals surface area contributed by atoms with Gasteiger partial charge >= 0.3 is 0 Å². The SMILES string of the molecule is N/C(=N/O)c1nccn1CCc1ccc2c(c1)CCO2. The molecule has 20 heavy (non-hydrogen) atoms. The van der Waals surface area contributed by atoms with E-state index in [0.29, 0.717) is 5.82 Å². The van der Waals surface area contributed by atoms with E-state index in [1.807, 2.05) is 16.8 Å². The van der Waals surface area contributed by atoms with E-state index >= 15 is 0 Å². The molecule has 0 radical (unpaired) electrons. The van der Waals surface area contributed by atoms with Gasteiger partial charge in [0.2, 0.25) is 5.84 Å². The lowest BCUT2D eigenvalue weighted by Gasteiger charge is -2.08. The molecule has 0 amide bonds. The number of nitrogens with two attached hydrogens (primary N) is 1. The lowest BCUT2D eigenvalue weighted by molar-refractivity contribution is 0.318. The molecule has 0 unspecified atom stereocenters. The van der Waals surface area contributed by atoms with Gasteiger partial charge in [-0.3, -0.25) is 0 Å². The Balaban J connectivity index is 1.72. The van der Waals surface area contributed by atoms with Crippen molar-refractivity contribution in [2.45, 2.75) is 19.4 Å². The number of benzene rings is 1. The van der Waals surface area contributed by atoms with Crippen molar-refractivity contribution < 1.29 is 9.94 Å². The monoisotopic (exact) mass is 272 g/mol. The first-order valence-electron chi connectivity index (χ1n) is 6.51. The van der Waals surface area contributed by atoms with Crippen molar-refractivity contribution in [3.63, 3.8) is 0 Å². The molecule has 0 saturated heterocycles. The summed E-state index contributed by atoms with van der Waals surface area (Å²) in [4.78, 5) is 4.08. The predicted molar refractivity (Wildman–Crippen MR) is 74.1 cm³/mol. The fraction of sp³-hybridized carbons (Fsp3) is 0.286. The number of nitrogens with zero attached hydrogens (tertiary/aromatic N) is 3. The molecule has 1 aliphatic heterocycles. The van der Waals surface area contributed by atoms with Crippen LogP contribution in [0.15, 0.2) is 35.7 Å². The normalized spacial score (nSPS) is 14.1. The zero-order valence-corrected chi connectivity index (χ0v) is 11.0. The van der Waals surface area contributed by atoms with Gasteiger partial charge in [0, 0.05) is 25.4 Å². The van der Waals surface area contributed by atoms with Crippen LogP contribution >= 0.6 is 0 Å². The molecular weight excluding hydrogens is 256 g/mol. The minimum absolute atomic E-state index is 0.0253. The maximum atomic E-state index is 8.72. The minimum atomic E-state index is 0.0253. The second kappa shape index (κ2) is 5.24. The maximum absolute atomic E-state index is 8.72. The number of hydrogen-bond donors (Lipinski definition) is 2. The second-order valence-corrected chi connectivity index (χ2v) is 4.72. The Kier molecular flexibility index (Phi) is 3.28. The van der Waals surface area contributed by atoms with Crippen LogP contribution in [0.3, 0.4) is 0 Å². The number of ether oxygens (including phenoxy) is 1. The number of aromatic nitrogens is 2. The molecule has 1 aromatic carbocycles. The molecule has 0 bridgehead atoms. The Morgan fingerprint density at radius 2 is 2.40 bits per heavy atom. The zero-order chi connectivity index (χ0) is 13.9. The van der Waals surface area contributed by atoms with Crippen molar-refractivity contribution in [2.24, 2.45) is 10.9 Å². The predicted octanol–water partition coefficient (Wildman–Crippen LogP) is 1.16. The quantitative estimate of drug-likeness (QED) is 0.378. The van der Waals surface area contributed by atoms with Gasteiger partial charge in [0.15, 0.2) is 5.82 Å². The lowest BCUT2D eigenvalue weighted by Crippen LogP contribution is -2.20. The highest BCUT2D eigenvalue weighted by Crippen LogP contribution is 2.26. The first-order chi connectivity index (χ1) is 9.78. The van der Waals surface area contributed by atoms with E-state index in [2.05, 4.69) is 22.3 Å². The van der Waals surface area contributed by atoms with Gasteiger partial charge in [-0.25, -0.2) is 4.98 Å². The van der Waals surface area contributed by atoms with E-state index in [-0.39, 0.29) is 5.84 Å². The zero-order valence-electron chi connectivity index (χ0n) is 11.0. The molecule has 2 aromatic rings. The van der Waals surface area contributed by atoms with Crippen molar-refractivity contribution in [2.75, 3.05) is 6.61 Å². The topological polar surface area (TPSA) is 85.7 Å². The van der Waals surface area contributed by atoms with Crippen LogP contribution < -0.4 is 10.5 Å². The molecule has 3 rings (SSSR count). The van der Waals surface area contributed by atoms with Gasteiger partial charge in [0.25, 0.3) is 0 Å². The molecule has 0 spiro atoms. The van der Waals surface area contributed by atoms with E-state index in [0.717, 1.165) is 31.7 Å². The number of rotatable bonds is 4. The van der Waals surface area contributed by atoms with E-state index < -0.39 is 0 Å². The molecule has 3 N–H and O–H groups in total. The second-order valence-electron chi connectivity index (χ2n) is 4.72. The average molecular weight is 272 g/mol. The van der Waals surface area contributed by atoms with Crippen LogP contribution in [0.4, 0.5) is 0 Å². The number of hydrogen-bond acceptors (Lipinski definition) is 4. The van der Waals surface area contributed by atoms with Crippen molar-refractivity contribution in [1.82, 2.24) is 9.55 Å². The molecule has 6 heteroatoms. The molecule has 6 nitrogen and oxygen atoms in total. The highest BCUT2D eigenvalue weighted by Gasteiger charge is 2.12. The highest BCUT2D eigenvalue weighted by molar-refractivity contribution is 5.93. The Morgan fingerprint density at radius 3 is 3.25 bits per heavy atom. The summed E-state index contributed by atoms with van der Waals surface area (Å²) in [5, 5.41) is 11.7. The van der Waals surface area contributed by atoms with Gasteiger partial charge in [-0.05, 0) is 23.6 Å². The third-order valence-electron chi connectivity index (χ3n) is 3.45. The van der Waals surface area contributed by atoms with Crippen LogP contribution in [-0.2, 0) is 19.4 Å². The Morgan fingerprint density at radius 1 is 1.50 bits per heavy atom. The smallest absolute Gasteiger partial charge is 0.206 e. The number of aryl methyl sites for hydroxylation is 2. The fourth-order valence-electron chi connectivity index (χ4n) is 2.41. The molecular formula is C14H16N4O2. The summed E-state index contributed by atoms with van der Waals surface area (Å²) in [6.45, 7) is 1.50. The molecule has 0 atom stereocenters. The van der Waals surface area contributed by atoms with Crippen LogP contribution in [0.5, 0.6) is 5.75 Å². The molecule has 0 saturated carbocycles. The molecule has 2 heterocycles. The first kappa shape index (κ1) is 12.5. The standard InChI is InChI=1S/C14H16N4O2/c15-13(17-19)14-16-5-7-18(14)6-3-10-1-2-12-11(9-10)4-8-20-12/h1-2,5,7,9,19H,3-4,6,8H2,(H2,15,17). The Bertz CT molecular complexity index is 648. The minimum Gasteiger partial charge on any atom is -0.493 e. The van der Waals surface area contributed by atoms with Crippen LogP contribution in [0, 0.1) is 0 Å². The van der Waals surface area contributed by atoms with Gasteiger partial charge in [0.05, 0.1) is 6.61 Å². The van der Waals surface area contributed by atoms with Gasteiger partial charge < -0.3 is 20.2 Å². The van der Waals surface area contributed by atoms with Gasteiger partial charge in [-0.1, -0.05) is 17.3 Å². The van der Waals surface area contributed by atoms with E-state index in [4.69, 9.17) is 15.7 Å². The summed E-state index contributed by atoms with van der Waals surface area (Å²) in [6.07, 6.45) is 5.30. The van der Waals surface area contributed by atoms with Crippen LogP contribution in [-0.4, -0.2) is 27.2 Å². The van der Waals surface area contributed by atoms with E-state index in [1.54, 1.807) is 6.20 Å². The summed E-state index contributed by atoms with van der Waals surface area (Å²) < 4.78 is 7.37. The van der Waals surface area contributed by atoms with E-state index in [9.17, 15) is 0 Å². The molecule has 1 aliphatic rings. The number of amidine groups is 1.